The van der Waals surface area contributed by atoms with Crippen LogP contribution in [0.5, 0.6) is 6.01 Å². The molecule has 8 heteroatoms. The van der Waals surface area contributed by atoms with Gasteiger partial charge in [-0.3, -0.25) is 4.79 Å². The van der Waals surface area contributed by atoms with Crippen LogP contribution in [0, 0.1) is 0 Å². The van der Waals surface area contributed by atoms with E-state index in [0.717, 1.165) is 19.4 Å². The van der Waals surface area contributed by atoms with Crippen LogP contribution in [0.3, 0.4) is 0 Å². The van der Waals surface area contributed by atoms with Gasteiger partial charge in [-0.25, -0.2) is 0 Å². The first kappa shape index (κ1) is 16.9. The van der Waals surface area contributed by atoms with E-state index in [0.29, 0.717) is 18.4 Å². The molecule has 21 heavy (non-hydrogen) atoms. The molecule has 1 heterocycles. The van der Waals surface area contributed by atoms with Crippen molar-refractivity contribution < 1.29 is 9.53 Å². The third-order valence-corrected chi connectivity index (χ3v) is 2.71. The van der Waals surface area contributed by atoms with Gasteiger partial charge in [0, 0.05) is 20.1 Å². The lowest BCUT2D eigenvalue weighted by molar-refractivity contribution is -0.119. The summed E-state index contributed by atoms with van der Waals surface area (Å²) in [5.41, 5.74) is 0. The van der Waals surface area contributed by atoms with Crippen LogP contribution in [-0.4, -0.2) is 54.7 Å². The normalized spacial score (nSPS) is 10.1. The fraction of sp³-hybridized carbons (Fsp3) is 0.692. The molecule has 0 bridgehead atoms. The fourth-order valence-corrected chi connectivity index (χ4v) is 1.67. The van der Waals surface area contributed by atoms with Crippen LogP contribution >= 0.6 is 0 Å². The van der Waals surface area contributed by atoms with Gasteiger partial charge in [-0.05, 0) is 12.8 Å². The number of aromatic nitrogens is 3. The molecule has 118 valence electrons. The SMILES string of the molecule is CCCNc1nc(OC)nc(N(CCC)CC(=O)NC)n1. The summed E-state index contributed by atoms with van der Waals surface area (Å²) in [6, 6.07) is 0.233. The smallest absolute Gasteiger partial charge is 0.322 e. The van der Waals surface area contributed by atoms with E-state index in [1.807, 2.05) is 6.92 Å². The molecular weight excluding hydrogens is 272 g/mol. The van der Waals surface area contributed by atoms with Crippen LogP contribution in [-0.2, 0) is 4.79 Å². The van der Waals surface area contributed by atoms with E-state index in [4.69, 9.17) is 4.74 Å². The quantitative estimate of drug-likeness (QED) is 0.691. The number of anilines is 2. The average molecular weight is 296 g/mol. The fourth-order valence-electron chi connectivity index (χ4n) is 1.67. The topological polar surface area (TPSA) is 92.3 Å². The second-order valence-electron chi connectivity index (χ2n) is 4.47. The molecule has 2 N–H and O–H groups in total. The van der Waals surface area contributed by atoms with Gasteiger partial charge in [0.2, 0.25) is 17.8 Å². The van der Waals surface area contributed by atoms with Crippen molar-refractivity contribution in [2.45, 2.75) is 26.7 Å². The Morgan fingerprint density at radius 3 is 2.57 bits per heavy atom. The number of likely N-dealkylation sites (N-methyl/N-ethyl adjacent to an activating group) is 1. The zero-order valence-corrected chi connectivity index (χ0v) is 13.1. The van der Waals surface area contributed by atoms with Gasteiger partial charge in [0.05, 0.1) is 13.7 Å². The van der Waals surface area contributed by atoms with Crippen LogP contribution in [0.4, 0.5) is 11.9 Å². The van der Waals surface area contributed by atoms with Gasteiger partial charge >= 0.3 is 6.01 Å². The van der Waals surface area contributed by atoms with Crippen LogP contribution in [0.25, 0.3) is 0 Å². The third-order valence-electron chi connectivity index (χ3n) is 2.71. The first-order chi connectivity index (χ1) is 10.1. The Balaban J connectivity index is 3.01. The summed E-state index contributed by atoms with van der Waals surface area (Å²) < 4.78 is 5.11. The van der Waals surface area contributed by atoms with Crippen molar-refractivity contribution >= 4 is 17.8 Å². The Morgan fingerprint density at radius 1 is 1.24 bits per heavy atom. The Labute approximate surface area is 125 Å². The summed E-state index contributed by atoms with van der Waals surface area (Å²) in [6.07, 6.45) is 1.84. The number of ether oxygens (including phenoxy) is 1. The molecule has 0 saturated carbocycles. The van der Waals surface area contributed by atoms with Crippen LogP contribution in [0.2, 0.25) is 0 Å². The molecule has 0 atom stereocenters. The van der Waals surface area contributed by atoms with E-state index >= 15 is 0 Å². The highest BCUT2D eigenvalue weighted by atomic mass is 16.5. The number of carbonyl (C=O) groups excluding carboxylic acids is 1. The predicted octanol–water partition coefficient (Wildman–Crippen LogP) is 0.665. The van der Waals surface area contributed by atoms with Gasteiger partial charge < -0.3 is 20.3 Å². The molecule has 0 spiro atoms. The van der Waals surface area contributed by atoms with E-state index in [-0.39, 0.29) is 18.5 Å². The monoisotopic (exact) mass is 296 g/mol. The maximum atomic E-state index is 11.6. The number of nitrogens with one attached hydrogen (secondary N) is 2. The van der Waals surface area contributed by atoms with Gasteiger partial charge in [0.1, 0.15) is 0 Å². The largest absolute Gasteiger partial charge is 0.467 e. The minimum Gasteiger partial charge on any atom is -0.467 e. The maximum Gasteiger partial charge on any atom is 0.322 e. The lowest BCUT2D eigenvalue weighted by Crippen LogP contribution is -2.37. The zero-order chi connectivity index (χ0) is 15.7. The highest BCUT2D eigenvalue weighted by molar-refractivity contribution is 5.80. The molecule has 1 amide bonds. The van der Waals surface area contributed by atoms with Gasteiger partial charge in [0.25, 0.3) is 0 Å². The molecule has 0 aromatic carbocycles. The Hall–Kier alpha value is -2.12. The molecule has 0 saturated heterocycles. The van der Waals surface area contributed by atoms with Gasteiger partial charge in [-0.1, -0.05) is 13.8 Å². The van der Waals surface area contributed by atoms with Gasteiger partial charge in [0.15, 0.2) is 0 Å². The molecule has 0 unspecified atom stereocenters. The summed E-state index contributed by atoms with van der Waals surface area (Å²) in [7, 11) is 3.11. The van der Waals surface area contributed by atoms with E-state index in [9.17, 15) is 4.79 Å². The summed E-state index contributed by atoms with van der Waals surface area (Å²) >= 11 is 0. The molecule has 0 radical (unpaired) electrons. The molecule has 1 aromatic rings. The van der Waals surface area contributed by atoms with Crippen molar-refractivity contribution in [3.8, 4) is 6.01 Å². The number of hydrogen-bond donors (Lipinski definition) is 2. The van der Waals surface area contributed by atoms with E-state index < -0.39 is 0 Å². The molecule has 0 fully saturated rings. The van der Waals surface area contributed by atoms with Crippen LogP contribution in [0.1, 0.15) is 26.7 Å². The number of rotatable bonds is 9. The van der Waals surface area contributed by atoms with Crippen molar-refractivity contribution in [2.75, 3.05) is 44.0 Å². The summed E-state index contributed by atoms with van der Waals surface area (Å²) in [4.78, 5) is 26.2. The van der Waals surface area contributed by atoms with Gasteiger partial charge in [-0.2, -0.15) is 15.0 Å². The third kappa shape index (κ3) is 5.41. The Morgan fingerprint density at radius 2 is 2.00 bits per heavy atom. The number of nitrogens with zero attached hydrogens (tertiary/aromatic N) is 4. The second-order valence-corrected chi connectivity index (χ2v) is 4.47. The summed E-state index contributed by atoms with van der Waals surface area (Å²) in [6.45, 7) is 5.72. The van der Waals surface area contributed by atoms with Crippen molar-refractivity contribution in [1.29, 1.82) is 0 Å². The van der Waals surface area contributed by atoms with Crippen molar-refractivity contribution in [2.24, 2.45) is 0 Å². The van der Waals surface area contributed by atoms with Crippen molar-refractivity contribution in [3.05, 3.63) is 0 Å². The summed E-state index contributed by atoms with van der Waals surface area (Å²) in [5.74, 6) is 0.800. The number of carbonyl (C=O) groups is 1. The average Bonchev–Trinajstić information content (AvgIpc) is 2.51. The summed E-state index contributed by atoms with van der Waals surface area (Å²) in [5, 5.41) is 5.71. The molecule has 1 rings (SSSR count). The lowest BCUT2D eigenvalue weighted by Gasteiger charge is -2.21. The van der Waals surface area contributed by atoms with Crippen molar-refractivity contribution in [1.82, 2.24) is 20.3 Å². The number of hydrogen-bond acceptors (Lipinski definition) is 7. The van der Waals surface area contributed by atoms with E-state index in [1.54, 1.807) is 11.9 Å². The van der Waals surface area contributed by atoms with Crippen LogP contribution < -0.4 is 20.3 Å². The predicted molar refractivity (Wildman–Crippen MR) is 81.7 cm³/mol. The Kier molecular flexibility index (Phi) is 7.20. The highest BCUT2D eigenvalue weighted by Crippen LogP contribution is 2.15. The minimum absolute atomic E-state index is 0.0918. The lowest BCUT2D eigenvalue weighted by atomic mass is 10.4. The van der Waals surface area contributed by atoms with Crippen LogP contribution in [0.15, 0.2) is 0 Å². The van der Waals surface area contributed by atoms with Gasteiger partial charge in [-0.15, -0.1) is 0 Å². The molecule has 0 aliphatic carbocycles. The zero-order valence-electron chi connectivity index (χ0n) is 13.1. The maximum absolute atomic E-state index is 11.6. The molecule has 0 aliphatic rings. The first-order valence-electron chi connectivity index (χ1n) is 7.14. The standard InChI is InChI=1S/C13H24N6O2/c1-5-7-15-11-16-12(18-13(17-11)21-4)19(8-6-2)9-10(20)14-3/h5-9H2,1-4H3,(H,14,20)(H,15,16,17,18). The first-order valence-corrected chi connectivity index (χ1v) is 7.14. The number of methoxy groups -OCH3 is 1. The second kappa shape index (κ2) is 8.93. The molecule has 8 nitrogen and oxygen atoms in total. The Bertz CT molecular complexity index is 454. The molecule has 1 aromatic heterocycles. The minimum atomic E-state index is -0.0918. The highest BCUT2D eigenvalue weighted by Gasteiger charge is 2.16. The molecular formula is C13H24N6O2. The van der Waals surface area contributed by atoms with E-state index in [2.05, 4.69) is 32.5 Å². The van der Waals surface area contributed by atoms with E-state index in [1.165, 1.54) is 7.11 Å². The van der Waals surface area contributed by atoms with Crippen molar-refractivity contribution in [3.63, 3.8) is 0 Å². The number of amides is 1. The molecule has 0 aliphatic heterocycles.